The van der Waals surface area contributed by atoms with Crippen molar-refractivity contribution in [2.24, 2.45) is 0 Å². The third-order valence-corrected chi connectivity index (χ3v) is 3.49. The number of aromatic nitrogens is 1. The summed E-state index contributed by atoms with van der Waals surface area (Å²) >= 11 is 6.14. The van der Waals surface area contributed by atoms with E-state index in [1.807, 2.05) is 13.8 Å². The highest BCUT2D eigenvalue weighted by molar-refractivity contribution is 6.37. The number of hydrogen-bond donors (Lipinski definition) is 2. The number of nitrogens with one attached hydrogen (secondary N) is 1. The van der Waals surface area contributed by atoms with E-state index in [1.165, 1.54) is 0 Å². The number of aromatic amines is 1. The fraction of sp³-hybridized carbons (Fsp3) is 0.308. The summed E-state index contributed by atoms with van der Waals surface area (Å²) in [6.45, 7) is 3.75. The second kappa shape index (κ2) is 4.75. The molecule has 0 aliphatic heterocycles. The fourth-order valence-corrected chi connectivity index (χ4v) is 2.18. The molecule has 0 aliphatic rings. The van der Waals surface area contributed by atoms with Gasteiger partial charge in [0.2, 0.25) is 0 Å². The molecule has 6 heteroatoms. The number of fused-ring (bicyclic) bond motifs is 1. The third-order valence-electron chi connectivity index (χ3n) is 3.10. The molecule has 0 atom stereocenters. The van der Waals surface area contributed by atoms with Gasteiger partial charge in [-0.05, 0) is 26.0 Å². The molecule has 5 nitrogen and oxygen atoms in total. The van der Waals surface area contributed by atoms with E-state index in [1.54, 1.807) is 25.4 Å². The van der Waals surface area contributed by atoms with Gasteiger partial charge in [-0.3, -0.25) is 0 Å². The summed E-state index contributed by atoms with van der Waals surface area (Å²) in [6, 6.07) is 3.35. The van der Waals surface area contributed by atoms with Crippen molar-refractivity contribution < 1.29 is 19.4 Å². The van der Waals surface area contributed by atoms with Crippen molar-refractivity contribution in [1.29, 1.82) is 0 Å². The number of carbonyl (C=O) groups is 1. The van der Waals surface area contributed by atoms with Crippen molar-refractivity contribution in [3.8, 4) is 5.75 Å². The Morgan fingerprint density at radius 3 is 2.74 bits per heavy atom. The van der Waals surface area contributed by atoms with Gasteiger partial charge in [0.15, 0.2) is 5.75 Å². The van der Waals surface area contributed by atoms with Gasteiger partial charge >= 0.3 is 6.16 Å². The minimum absolute atomic E-state index is 0.0985. The van der Waals surface area contributed by atoms with Gasteiger partial charge in [-0.25, -0.2) is 4.79 Å². The van der Waals surface area contributed by atoms with E-state index in [-0.39, 0.29) is 10.8 Å². The molecule has 1 heterocycles. The summed E-state index contributed by atoms with van der Waals surface area (Å²) < 4.78 is 10.2. The zero-order valence-corrected chi connectivity index (χ0v) is 11.5. The molecule has 0 amide bonds. The summed E-state index contributed by atoms with van der Waals surface area (Å²) in [5, 5.41) is 9.70. The normalized spacial score (nSPS) is 11.8. The van der Waals surface area contributed by atoms with Crippen LogP contribution in [-0.4, -0.2) is 23.4 Å². The highest BCUT2D eigenvalue weighted by atomic mass is 35.5. The molecule has 19 heavy (non-hydrogen) atoms. The number of carboxylic acid groups (broad SMARTS) is 1. The van der Waals surface area contributed by atoms with Gasteiger partial charge in [0.05, 0.1) is 16.1 Å². The summed E-state index contributed by atoms with van der Waals surface area (Å²) in [6.07, 6.45) is 0.328. The monoisotopic (exact) mass is 283 g/mol. The van der Waals surface area contributed by atoms with Crippen LogP contribution in [0.1, 0.15) is 19.4 Å². The van der Waals surface area contributed by atoms with Gasteiger partial charge in [0.25, 0.3) is 0 Å². The van der Waals surface area contributed by atoms with Crippen LogP contribution in [0.15, 0.2) is 18.3 Å². The van der Waals surface area contributed by atoms with Gasteiger partial charge in [-0.2, -0.15) is 0 Å². The summed E-state index contributed by atoms with van der Waals surface area (Å²) in [5.74, 6) is 0.0985. The molecule has 0 saturated carbocycles. The Labute approximate surface area is 115 Å². The smallest absolute Gasteiger partial charge is 0.449 e. The lowest BCUT2D eigenvalue weighted by Gasteiger charge is -2.25. The van der Waals surface area contributed by atoms with Crippen molar-refractivity contribution in [3.05, 3.63) is 28.9 Å². The van der Waals surface area contributed by atoms with Crippen LogP contribution in [-0.2, 0) is 10.3 Å². The Bertz CT molecular complexity index is 633. The zero-order chi connectivity index (χ0) is 14.2. The second-order valence-electron chi connectivity index (χ2n) is 4.58. The van der Waals surface area contributed by atoms with Crippen LogP contribution in [0.2, 0.25) is 5.02 Å². The molecule has 2 aromatic rings. The number of H-pyrrole nitrogens is 1. The standard InChI is InChI=1S/C13H14ClNO4/c1-13(2,18-3)8-6-9(19-12(16)17)10(14)7-4-5-15-11(7)8/h4-6,15H,1-3H3,(H,16,17). The molecule has 0 bridgehead atoms. The lowest BCUT2D eigenvalue weighted by Crippen LogP contribution is -2.20. The highest BCUT2D eigenvalue weighted by Gasteiger charge is 2.26. The van der Waals surface area contributed by atoms with E-state index >= 15 is 0 Å². The van der Waals surface area contributed by atoms with E-state index in [4.69, 9.17) is 26.2 Å². The molecule has 102 valence electrons. The maximum atomic E-state index is 10.7. The molecule has 0 unspecified atom stereocenters. The van der Waals surface area contributed by atoms with Crippen molar-refractivity contribution in [2.45, 2.75) is 19.4 Å². The van der Waals surface area contributed by atoms with E-state index < -0.39 is 11.8 Å². The van der Waals surface area contributed by atoms with E-state index in [2.05, 4.69) is 4.98 Å². The molecule has 0 saturated heterocycles. The molecular formula is C13H14ClNO4. The quantitative estimate of drug-likeness (QED) is 0.664. The average Bonchev–Trinajstić information content (AvgIpc) is 2.81. The van der Waals surface area contributed by atoms with Crippen molar-refractivity contribution in [3.63, 3.8) is 0 Å². The summed E-state index contributed by atoms with van der Waals surface area (Å²) in [5.41, 5.74) is 0.967. The third kappa shape index (κ3) is 2.39. The average molecular weight is 284 g/mol. The lowest BCUT2D eigenvalue weighted by atomic mass is 9.95. The van der Waals surface area contributed by atoms with Crippen molar-refractivity contribution in [1.82, 2.24) is 4.98 Å². The van der Waals surface area contributed by atoms with Crippen LogP contribution in [0.4, 0.5) is 4.79 Å². The summed E-state index contributed by atoms with van der Waals surface area (Å²) in [4.78, 5) is 13.8. The molecular weight excluding hydrogens is 270 g/mol. The summed E-state index contributed by atoms with van der Waals surface area (Å²) in [7, 11) is 1.58. The Morgan fingerprint density at radius 1 is 1.47 bits per heavy atom. The Morgan fingerprint density at radius 2 is 2.16 bits per heavy atom. The minimum Gasteiger partial charge on any atom is -0.449 e. The maximum absolute atomic E-state index is 10.7. The molecule has 0 spiro atoms. The van der Waals surface area contributed by atoms with Gasteiger partial charge in [-0.1, -0.05) is 11.6 Å². The van der Waals surface area contributed by atoms with Crippen LogP contribution in [0, 0.1) is 0 Å². The fourth-order valence-electron chi connectivity index (χ4n) is 1.93. The number of rotatable bonds is 3. The van der Waals surface area contributed by atoms with Crippen LogP contribution < -0.4 is 4.74 Å². The van der Waals surface area contributed by atoms with Crippen molar-refractivity contribution >= 4 is 28.7 Å². The van der Waals surface area contributed by atoms with Crippen LogP contribution in [0.3, 0.4) is 0 Å². The van der Waals surface area contributed by atoms with Gasteiger partial charge in [0.1, 0.15) is 0 Å². The number of methoxy groups -OCH3 is 1. The SMILES string of the molecule is COC(C)(C)c1cc(OC(=O)O)c(Cl)c2cc[nH]c12. The Kier molecular flexibility index (Phi) is 3.43. The molecule has 2 rings (SSSR count). The maximum Gasteiger partial charge on any atom is 0.511 e. The topological polar surface area (TPSA) is 71.6 Å². The first kappa shape index (κ1) is 13.7. The number of ether oxygens (including phenoxy) is 2. The molecule has 1 aromatic carbocycles. The van der Waals surface area contributed by atoms with Gasteiger partial charge in [0, 0.05) is 24.3 Å². The molecule has 0 aliphatic carbocycles. The van der Waals surface area contributed by atoms with Crippen LogP contribution >= 0.6 is 11.6 Å². The predicted octanol–water partition coefficient (Wildman–Crippen LogP) is 3.76. The number of benzene rings is 1. The van der Waals surface area contributed by atoms with E-state index in [0.717, 1.165) is 11.1 Å². The molecule has 0 radical (unpaired) electrons. The molecule has 0 fully saturated rings. The van der Waals surface area contributed by atoms with Crippen LogP contribution in [0.25, 0.3) is 10.9 Å². The second-order valence-corrected chi connectivity index (χ2v) is 4.96. The number of hydrogen-bond acceptors (Lipinski definition) is 3. The van der Waals surface area contributed by atoms with Gasteiger partial charge in [-0.15, -0.1) is 0 Å². The zero-order valence-electron chi connectivity index (χ0n) is 10.8. The first-order valence-electron chi connectivity index (χ1n) is 5.63. The first-order valence-corrected chi connectivity index (χ1v) is 6.00. The number of halogens is 1. The van der Waals surface area contributed by atoms with E-state index in [9.17, 15) is 4.79 Å². The molecule has 1 aromatic heterocycles. The van der Waals surface area contributed by atoms with Crippen molar-refractivity contribution in [2.75, 3.05) is 7.11 Å². The lowest BCUT2D eigenvalue weighted by molar-refractivity contribution is 0.0201. The highest BCUT2D eigenvalue weighted by Crippen LogP contribution is 2.39. The van der Waals surface area contributed by atoms with Crippen LogP contribution in [0.5, 0.6) is 5.75 Å². The Balaban J connectivity index is 2.72. The Hall–Kier alpha value is -1.72. The van der Waals surface area contributed by atoms with E-state index in [0.29, 0.717) is 5.39 Å². The predicted molar refractivity (Wildman–Crippen MR) is 72.0 cm³/mol. The molecule has 2 N–H and O–H groups in total. The minimum atomic E-state index is -1.40. The first-order chi connectivity index (χ1) is 8.86. The largest absolute Gasteiger partial charge is 0.511 e. The van der Waals surface area contributed by atoms with Gasteiger partial charge < -0.3 is 19.6 Å².